The molecule has 0 aromatic heterocycles. The van der Waals surface area contributed by atoms with Gasteiger partial charge < -0.3 is 14.6 Å². The molecule has 1 heterocycles. The van der Waals surface area contributed by atoms with Gasteiger partial charge in [0.2, 0.25) is 0 Å². The zero-order chi connectivity index (χ0) is 26.2. The largest absolute Gasteiger partial charge is 0.418 e. The van der Waals surface area contributed by atoms with Crippen LogP contribution in [0.3, 0.4) is 0 Å². The maximum Gasteiger partial charge on any atom is 0.418 e. The van der Waals surface area contributed by atoms with Gasteiger partial charge in [-0.05, 0) is 32.9 Å². The Morgan fingerprint density at radius 2 is 1.58 bits per heavy atom. The van der Waals surface area contributed by atoms with Crippen molar-refractivity contribution in [2.45, 2.75) is 45.0 Å². The number of hydrogen-bond donors (Lipinski definition) is 2. The van der Waals surface area contributed by atoms with Crippen LogP contribution in [0.1, 0.15) is 41.5 Å². The number of rotatable bonds is 8. The van der Waals surface area contributed by atoms with Gasteiger partial charge in [0.15, 0.2) is 0 Å². The summed E-state index contributed by atoms with van der Waals surface area (Å²) >= 11 is 0. The summed E-state index contributed by atoms with van der Waals surface area (Å²) in [7, 11) is 0. The lowest BCUT2D eigenvalue weighted by molar-refractivity contribution is -0.128. The number of benzene rings is 2. The highest BCUT2D eigenvalue weighted by atomic mass is 16.6. The van der Waals surface area contributed by atoms with Crippen LogP contribution in [-0.2, 0) is 14.3 Å². The van der Waals surface area contributed by atoms with Gasteiger partial charge in [0.25, 0.3) is 5.78 Å². The minimum Gasteiger partial charge on any atom is -0.389 e. The maximum atomic E-state index is 12.8. The monoisotopic (exact) mass is 497 g/mol. The van der Waals surface area contributed by atoms with E-state index in [1.54, 1.807) is 69.3 Å². The van der Waals surface area contributed by atoms with Crippen LogP contribution >= 0.6 is 0 Å². The molecule has 2 N–H and O–H groups in total. The number of Topliss-reactive ketones (excluding diaryl/α,β-unsaturated/α-hetero) is 1. The van der Waals surface area contributed by atoms with Crippen molar-refractivity contribution in [2.75, 3.05) is 19.8 Å². The van der Waals surface area contributed by atoms with Gasteiger partial charge in [-0.15, -0.1) is 0 Å². The van der Waals surface area contributed by atoms with Gasteiger partial charge >= 0.3 is 18.0 Å². The third-order valence-electron chi connectivity index (χ3n) is 5.95. The van der Waals surface area contributed by atoms with Crippen molar-refractivity contribution in [3.63, 3.8) is 0 Å². The number of carbonyl (C=O) groups excluding carboxylic acids is 4. The van der Waals surface area contributed by atoms with Crippen LogP contribution in [-0.4, -0.2) is 82.8 Å². The minimum absolute atomic E-state index is 0.00294. The highest BCUT2D eigenvalue weighted by molar-refractivity contribution is 6.42. The molecule has 1 saturated heterocycles. The number of ether oxygens (including phenoxy) is 2. The number of ketones is 1. The van der Waals surface area contributed by atoms with Gasteiger partial charge in [0.05, 0.1) is 37.0 Å². The number of hydrogen-bond acceptors (Lipinski definition) is 8. The smallest absolute Gasteiger partial charge is 0.389 e. The number of aliphatic hydroxyl groups is 1. The summed E-state index contributed by atoms with van der Waals surface area (Å²) in [5.41, 5.74) is 3.05. The first kappa shape index (κ1) is 27.0. The fourth-order valence-electron chi connectivity index (χ4n) is 3.98. The van der Waals surface area contributed by atoms with Crippen LogP contribution in [0.25, 0.3) is 0 Å². The van der Waals surface area contributed by atoms with Crippen molar-refractivity contribution < 1.29 is 33.8 Å². The molecule has 36 heavy (non-hydrogen) atoms. The molecule has 1 aliphatic rings. The summed E-state index contributed by atoms with van der Waals surface area (Å²) < 4.78 is 10.5. The zero-order valence-electron chi connectivity index (χ0n) is 20.5. The summed E-state index contributed by atoms with van der Waals surface area (Å²) in [6.07, 6.45) is -2.11. The van der Waals surface area contributed by atoms with E-state index in [0.717, 1.165) is 0 Å². The van der Waals surface area contributed by atoms with Crippen molar-refractivity contribution in [1.29, 1.82) is 0 Å². The van der Waals surface area contributed by atoms with E-state index in [9.17, 15) is 24.3 Å². The SMILES string of the molecule is CC(C)N(NC(=O)C(=O)c1ccccc1)C(C)C(O)C1COCCN1C(=O)OC(=O)c1ccccc1. The predicted octanol–water partition coefficient (Wildman–Crippen LogP) is 2.04. The lowest BCUT2D eigenvalue weighted by Crippen LogP contribution is -2.63. The Labute approximate surface area is 209 Å². The number of morpholine rings is 1. The topological polar surface area (TPSA) is 125 Å². The van der Waals surface area contributed by atoms with Crippen molar-refractivity contribution in [3.05, 3.63) is 71.8 Å². The number of carbonyl (C=O) groups is 4. The molecule has 3 atom stereocenters. The Morgan fingerprint density at radius 1 is 1.00 bits per heavy atom. The van der Waals surface area contributed by atoms with Crippen LogP contribution in [0.15, 0.2) is 60.7 Å². The van der Waals surface area contributed by atoms with E-state index in [1.807, 2.05) is 0 Å². The summed E-state index contributed by atoms with van der Waals surface area (Å²) in [4.78, 5) is 51.6. The van der Waals surface area contributed by atoms with Crippen LogP contribution in [0.2, 0.25) is 0 Å². The van der Waals surface area contributed by atoms with E-state index in [1.165, 1.54) is 22.0 Å². The Balaban J connectivity index is 1.70. The lowest BCUT2D eigenvalue weighted by atomic mass is 10.0. The van der Waals surface area contributed by atoms with Gasteiger partial charge in [-0.3, -0.25) is 19.9 Å². The Kier molecular flexibility index (Phi) is 9.29. The average molecular weight is 498 g/mol. The number of amides is 2. The van der Waals surface area contributed by atoms with Crippen molar-refractivity contribution in [3.8, 4) is 0 Å². The minimum atomic E-state index is -1.21. The number of esters is 1. The Morgan fingerprint density at radius 3 is 2.17 bits per heavy atom. The van der Waals surface area contributed by atoms with E-state index in [2.05, 4.69) is 5.43 Å². The third kappa shape index (κ3) is 6.54. The molecule has 0 radical (unpaired) electrons. The number of hydrazine groups is 1. The second-order valence-corrected chi connectivity index (χ2v) is 8.73. The highest BCUT2D eigenvalue weighted by Crippen LogP contribution is 2.19. The van der Waals surface area contributed by atoms with Gasteiger partial charge in [-0.2, -0.15) is 0 Å². The molecule has 0 bridgehead atoms. The first-order chi connectivity index (χ1) is 17.2. The summed E-state index contributed by atoms with van der Waals surface area (Å²) in [6.45, 7) is 5.56. The quantitative estimate of drug-likeness (QED) is 0.187. The molecule has 2 aromatic rings. The summed E-state index contributed by atoms with van der Waals surface area (Å²) in [5.74, 6) is -2.36. The van der Waals surface area contributed by atoms with Gasteiger partial charge in [-0.1, -0.05) is 48.5 Å². The van der Waals surface area contributed by atoms with Crippen LogP contribution < -0.4 is 5.43 Å². The molecule has 10 nitrogen and oxygen atoms in total. The molecule has 3 unspecified atom stereocenters. The molecule has 10 heteroatoms. The third-order valence-corrected chi connectivity index (χ3v) is 5.95. The Bertz CT molecular complexity index is 1060. The van der Waals surface area contributed by atoms with E-state index >= 15 is 0 Å². The van der Waals surface area contributed by atoms with Gasteiger partial charge in [-0.25, -0.2) is 14.6 Å². The van der Waals surface area contributed by atoms with Crippen LogP contribution in [0, 0.1) is 0 Å². The molecule has 3 rings (SSSR count). The van der Waals surface area contributed by atoms with Crippen molar-refractivity contribution >= 4 is 23.8 Å². The molecule has 0 aliphatic carbocycles. The average Bonchev–Trinajstić information content (AvgIpc) is 2.91. The van der Waals surface area contributed by atoms with Crippen LogP contribution in [0.5, 0.6) is 0 Å². The number of nitrogens with one attached hydrogen (secondary N) is 1. The molecule has 2 amide bonds. The van der Waals surface area contributed by atoms with E-state index in [4.69, 9.17) is 9.47 Å². The first-order valence-electron chi connectivity index (χ1n) is 11.7. The second-order valence-electron chi connectivity index (χ2n) is 8.73. The Hall–Kier alpha value is -3.60. The summed E-state index contributed by atoms with van der Waals surface area (Å²) in [5, 5.41) is 12.7. The highest BCUT2D eigenvalue weighted by Gasteiger charge is 2.40. The van der Waals surface area contributed by atoms with Gasteiger partial charge in [0.1, 0.15) is 0 Å². The molecule has 1 fully saturated rings. The molecule has 0 saturated carbocycles. The van der Waals surface area contributed by atoms with E-state index < -0.39 is 41.9 Å². The van der Waals surface area contributed by atoms with Crippen LogP contribution in [0.4, 0.5) is 4.79 Å². The zero-order valence-corrected chi connectivity index (χ0v) is 20.5. The van der Waals surface area contributed by atoms with Crippen molar-refractivity contribution in [1.82, 2.24) is 15.3 Å². The van der Waals surface area contributed by atoms with Crippen molar-refractivity contribution in [2.24, 2.45) is 0 Å². The molecule has 0 spiro atoms. The van der Waals surface area contributed by atoms with E-state index in [-0.39, 0.29) is 36.9 Å². The fourth-order valence-corrected chi connectivity index (χ4v) is 3.98. The predicted molar refractivity (Wildman–Crippen MR) is 130 cm³/mol. The molecule has 1 aliphatic heterocycles. The maximum absolute atomic E-state index is 12.8. The van der Waals surface area contributed by atoms with Gasteiger partial charge in [0, 0.05) is 18.2 Å². The number of nitrogens with zero attached hydrogens (tertiary/aromatic N) is 2. The molecule has 192 valence electrons. The standard InChI is InChI=1S/C26H31N3O7/c1-17(2)29(27-24(32)23(31)19-10-6-4-7-11-19)18(3)22(30)21-16-35-15-14-28(21)26(34)36-25(33)20-12-8-5-9-13-20/h4-13,17-18,21-22,30H,14-16H2,1-3H3,(H,27,32). The van der Waals surface area contributed by atoms with E-state index in [0.29, 0.717) is 0 Å². The fraction of sp³-hybridized carbons (Fsp3) is 0.385. The molecular formula is C26H31N3O7. The summed E-state index contributed by atoms with van der Waals surface area (Å²) in [6, 6.07) is 14.4. The first-order valence-corrected chi connectivity index (χ1v) is 11.7. The normalized spacial score (nSPS) is 17.4. The number of aliphatic hydroxyl groups excluding tert-OH is 1. The molecular weight excluding hydrogens is 466 g/mol. The second kappa shape index (κ2) is 12.4. The lowest BCUT2D eigenvalue weighted by Gasteiger charge is -2.42. The molecule has 2 aromatic carbocycles.